The van der Waals surface area contributed by atoms with Crippen LogP contribution in [0.15, 0.2) is 95.4 Å². The number of rotatable bonds is 2. The Bertz CT molecular complexity index is 2120. The van der Waals surface area contributed by atoms with Crippen molar-refractivity contribution in [2.24, 2.45) is 7.05 Å². The van der Waals surface area contributed by atoms with Crippen molar-refractivity contribution in [1.82, 2.24) is 4.57 Å². The fraction of sp³-hybridized carbons (Fsp3) is 0.139. The first-order valence-electron chi connectivity index (χ1n) is 13.7. The zero-order chi connectivity index (χ0) is 26.4. The molecule has 7 aromatic rings. The van der Waals surface area contributed by atoms with Crippen LogP contribution in [0.25, 0.3) is 61.2 Å². The van der Waals surface area contributed by atoms with Gasteiger partial charge in [0.2, 0.25) is 0 Å². The molecular formula is C36H29N2O+. The van der Waals surface area contributed by atoms with E-state index in [1.54, 1.807) is 0 Å². The van der Waals surface area contributed by atoms with E-state index in [9.17, 15) is 0 Å². The summed E-state index contributed by atoms with van der Waals surface area (Å²) in [5.41, 5.74) is 15.9. The summed E-state index contributed by atoms with van der Waals surface area (Å²) in [5.74, 6) is 1.14. The number of benzene rings is 5. The van der Waals surface area contributed by atoms with E-state index < -0.39 is 0 Å². The zero-order valence-corrected chi connectivity index (χ0v) is 22.7. The predicted octanol–water partition coefficient (Wildman–Crippen LogP) is 8.52. The van der Waals surface area contributed by atoms with Crippen molar-refractivity contribution in [1.29, 1.82) is 0 Å². The lowest BCUT2D eigenvalue weighted by molar-refractivity contribution is -0.556. The van der Waals surface area contributed by atoms with Crippen molar-refractivity contribution < 1.29 is 8.98 Å². The Morgan fingerprint density at radius 1 is 0.667 bits per heavy atom. The van der Waals surface area contributed by atoms with Gasteiger partial charge in [-0.1, -0.05) is 78.9 Å². The van der Waals surface area contributed by atoms with Gasteiger partial charge in [0.25, 0.3) is 5.82 Å². The Labute approximate surface area is 227 Å². The van der Waals surface area contributed by atoms with Gasteiger partial charge in [-0.2, -0.15) is 4.57 Å². The maximum atomic E-state index is 6.64. The number of nitrogens with zero attached hydrogens (tertiary/aromatic N) is 2. The summed E-state index contributed by atoms with van der Waals surface area (Å²) < 4.78 is 11.5. The van der Waals surface area contributed by atoms with Gasteiger partial charge < -0.3 is 4.42 Å². The van der Waals surface area contributed by atoms with Crippen LogP contribution in [-0.2, 0) is 13.5 Å². The molecule has 0 saturated carbocycles. The molecular weight excluding hydrogens is 476 g/mol. The van der Waals surface area contributed by atoms with Gasteiger partial charge in [-0.3, -0.25) is 0 Å². The van der Waals surface area contributed by atoms with Crippen molar-refractivity contribution in [2.75, 3.05) is 0 Å². The highest BCUT2D eigenvalue weighted by molar-refractivity contribution is 6.10. The normalized spacial score (nSPS) is 12.5. The molecule has 2 aromatic heterocycles. The topological polar surface area (TPSA) is 21.9 Å². The first kappa shape index (κ1) is 22.4. The number of fused-ring (bicyclic) bond motifs is 8. The highest BCUT2D eigenvalue weighted by Crippen LogP contribution is 2.44. The lowest BCUT2D eigenvalue weighted by Gasteiger charge is -2.12. The van der Waals surface area contributed by atoms with Crippen molar-refractivity contribution in [2.45, 2.75) is 27.2 Å². The maximum absolute atomic E-state index is 6.64. The van der Waals surface area contributed by atoms with E-state index in [-0.39, 0.29) is 0 Å². The van der Waals surface area contributed by atoms with Gasteiger partial charge >= 0.3 is 0 Å². The van der Waals surface area contributed by atoms with Gasteiger partial charge in [-0.05, 0) is 72.7 Å². The van der Waals surface area contributed by atoms with Gasteiger partial charge in [-0.15, -0.1) is 0 Å². The van der Waals surface area contributed by atoms with Crippen LogP contribution in [0.4, 0.5) is 0 Å². The third-order valence-corrected chi connectivity index (χ3v) is 8.67. The summed E-state index contributed by atoms with van der Waals surface area (Å²) in [4.78, 5) is 0. The Kier molecular flexibility index (Phi) is 4.55. The van der Waals surface area contributed by atoms with Crippen LogP contribution in [0.1, 0.15) is 27.8 Å². The van der Waals surface area contributed by atoms with Crippen molar-refractivity contribution in [3.63, 3.8) is 0 Å². The van der Waals surface area contributed by atoms with Gasteiger partial charge in [0.05, 0.1) is 7.05 Å². The minimum absolute atomic E-state index is 0.923. The molecule has 3 heteroatoms. The predicted molar refractivity (Wildman–Crippen MR) is 160 cm³/mol. The first-order chi connectivity index (χ1) is 19.0. The van der Waals surface area contributed by atoms with Crippen LogP contribution >= 0.6 is 0 Å². The number of aromatic nitrogens is 2. The van der Waals surface area contributed by atoms with Crippen LogP contribution in [-0.4, -0.2) is 4.57 Å². The number of para-hydroxylation sites is 2. The smallest absolute Gasteiger partial charge is 0.299 e. The second kappa shape index (κ2) is 7.94. The zero-order valence-electron chi connectivity index (χ0n) is 22.7. The molecule has 0 amide bonds. The molecule has 188 valence electrons. The van der Waals surface area contributed by atoms with Crippen molar-refractivity contribution >= 4 is 33.0 Å². The molecule has 8 rings (SSSR count). The van der Waals surface area contributed by atoms with Crippen LogP contribution in [0.5, 0.6) is 0 Å². The van der Waals surface area contributed by atoms with Crippen LogP contribution in [0.3, 0.4) is 0 Å². The summed E-state index contributed by atoms with van der Waals surface area (Å²) in [6.45, 7) is 6.65. The minimum atomic E-state index is 0.923. The largest absolute Gasteiger partial charge is 0.455 e. The number of hydrogen-bond acceptors (Lipinski definition) is 1. The SMILES string of the molecule is Cc1cccc(C)c1-[n+]1c(-c2c(C)ccc3c2oc2ccccc23)n(C)c2ccc3c(c21)-c1ccccc1C3. The first-order valence-corrected chi connectivity index (χ1v) is 13.7. The van der Waals surface area contributed by atoms with Gasteiger partial charge in [-0.25, -0.2) is 4.57 Å². The number of imidazole rings is 1. The molecule has 0 spiro atoms. The van der Waals surface area contributed by atoms with E-state index in [1.165, 1.54) is 55.7 Å². The fourth-order valence-corrected chi connectivity index (χ4v) is 6.88. The third-order valence-electron chi connectivity index (χ3n) is 8.67. The van der Waals surface area contributed by atoms with Crippen molar-refractivity contribution in [3.8, 4) is 28.2 Å². The molecule has 2 heterocycles. The third kappa shape index (κ3) is 2.96. The standard InChI is InChI=1S/C36H29N2O/c1-21-16-18-28-27-14-7-8-15-30(27)39-35(28)31(21)36-37(4)29-19-17-25-20-24-12-5-6-13-26(24)32(25)34(29)38(36)33-22(2)10-9-11-23(33)3/h5-19H,20H2,1-4H3/q+1. The average Bonchev–Trinajstić information content (AvgIpc) is 3.58. The molecule has 3 nitrogen and oxygen atoms in total. The summed E-state index contributed by atoms with van der Waals surface area (Å²) in [5, 5.41) is 2.31. The molecule has 0 aliphatic heterocycles. The summed E-state index contributed by atoms with van der Waals surface area (Å²) in [6, 6.07) is 32.9. The van der Waals surface area contributed by atoms with E-state index in [4.69, 9.17) is 4.42 Å². The minimum Gasteiger partial charge on any atom is -0.455 e. The monoisotopic (exact) mass is 505 g/mol. The van der Waals surface area contributed by atoms with Crippen LogP contribution in [0, 0.1) is 20.8 Å². The highest BCUT2D eigenvalue weighted by atomic mass is 16.3. The molecule has 39 heavy (non-hydrogen) atoms. The Morgan fingerprint density at radius 3 is 2.28 bits per heavy atom. The van der Waals surface area contributed by atoms with Crippen LogP contribution < -0.4 is 4.57 Å². The molecule has 0 bridgehead atoms. The Hall–Kier alpha value is -4.63. The van der Waals surface area contributed by atoms with E-state index in [1.807, 2.05) is 6.07 Å². The Morgan fingerprint density at radius 2 is 1.44 bits per heavy atom. The van der Waals surface area contributed by atoms with Gasteiger partial charge in [0, 0.05) is 16.3 Å². The van der Waals surface area contributed by atoms with Crippen LogP contribution in [0.2, 0.25) is 0 Å². The molecule has 0 fully saturated rings. The second-order valence-corrected chi connectivity index (χ2v) is 11.0. The summed E-state index contributed by atoms with van der Waals surface area (Å²) >= 11 is 0. The van der Waals surface area contributed by atoms with Gasteiger partial charge in [0.1, 0.15) is 16.8 Å². The Balaban J connectivity index is 1.61. The molecule has 0 unspecified atom stereocenters. The lowest BCUT2D eigenvalue weighted by Crippen LogP contribution is -2.35. The average molecular weight is 506 g/mol. The maximum Gasteiger partial charge on any atom is 0.299 e. The molecule has 5 aromatic carbocycles. The summed E-state index contributed by atoms with van der Waals surface area (Å²) in [6.07, 6.45) is 0.969. The molecule has 0 radical (unpaired) electrons. The molecule has 1 aliphatic rings. The molecule has 1 aliphatic carbocycles. The lowest BCUT2D eigenvalue weighted by atomic mass is 10.0. The fourth-order valence-electron chi connectivity index (χ4n) is 6.88. The highest BCUT2D eigenvalue weighted by Gasteiger charge is 2.35. The summed E-state index contributed by atoms with van der Waals surface area (Å²) in [7, 11) is 2.20. The molecule has 0 saturated heterocycles. The van der Waals surface area contributed by atoms with E-state index in [2.05, 4.69) is 122 Å². The van der Waals surface area contributed by atoms with E-state index in [0.717, 1.165) is 39.7 Å². The number of hydrogen-bond donors (Lipinski definition) is 0. The van der Waals surface area contributed by atoms with E-state index >= 15 is 0 Å². The van der Waals surface area contributed by atoms with E-state index in [0.29, 0.717) is 0 Å². The number of aryl methyl sites for hydroxylation is 4. The molecule has 0 atom stereocenters. The molecule has 0 N–H and O–H groups in total. The number of furan rings is 1. The quantitative estimate of drug-likeness (QED) is 0.216. The van der Waals surface area contributed by atoms with Gasteiger partial charge in [0.15, 0.2) is 16.6 Å². The second-order valence-electron chi connectivity index (χ2n) is 11.0. The van der Waals surface area contributed by atoms with Crippen molar-refractivity contribution in [3.05, 3.63) is 119 Å².